The summed E-state index contributed by atoms with van der Waals surface area (Å²) in [5.41, 5.74) is 2.35. The van der Waals surface area contributed by atoms with Gasteiger partial charge in [0.2, 0.25) is 0 Å². The van der Waals surface area contributed by atoms with Crippen LogP contribution in [0.2, 0.25) is 5.02 Å². The first-order chi connectivity index (χ1) is 9.04. The summed E-state index contributed by atoms with van der Waals surface area (Å²) in [5.74, 6) is -0.432. The lowest BCUT2D eigenvalue weighted by Crippen LogP contribution is -2.07. The Kier molecular flexibility index (Phi) is 4.47. The molecule has 0 radical (unpaired) electrons. The number of aryl methyl sites for hydroxylation is 2. The molecule has 1 aromatic carbocycles. The summed E-state index contributed by atoms with van der Waals surface area (Å²) in [6.07, 6.45) is 0.847. The van der Waals surface area contributed by atoms with Crippen molar-refractivity contribution in [2.45, 2.75) is 19.9 Å². The predicted molar refractivity (Wildman–Crippen MR) is 79.0 cm³/mol. The van der Waals surface area contributed by atoms with Crippen LogP contribution < -0.4 is 5.32 Å². The van der Waals surface area contributed by atoms with Crippen LogP contribution in [0.3, 0.4) is 0 Å². The van der Waals surface area contributed by atoms with E-state index in [9.17, 15) is 4.39 Å². The van der Waals surface area contributed by atoms with Crippen molar-refractivity contribution in [2.75, 3.05) is 5.32 Å². The minimum Gasteiger partial charge on any atom is -0.377 e. The van der Waals surface area contributed by atoms with Crippen LogP contribution in [0.1, 0.15) is 18.3 Å². The first kappa shape index (κ1) is 14.3. The Morgan fingerprint density at radius 3 is 2.84 bits per heavy atom. The van der Waals surface area contributed by atoms with Gasteiger partial charge in [0.15, 0.2) is 5.82 Å². The largest absolute Gasteiger partial charge is 0.377 e. The van der Waals surface area contributed by atoms with Crippen LogP contribution in [-0.2, 0) is 20.0 Å². The fourth-order valence-corrected chi connectivity index (χ4v) is 2.76. The number of anilines is 1. The highest BCUT2D eigenvalue weighted by Gasteiger charge is 2.13. The molecule has 19 heavy (non-hydrogen) atoms. The maximum absolute atomic E-state index is 13.7. The molecule has 1 N–H and O–H groups in total. The molecule has 0 saturated carbocycles. The van der Waals surface area contributed by atoms with Crippen molar-refractivity contribution < 1.29 is 4.39 Å². The fourth-order valence-electron chi connectivity index (χ4n) is 1.83. The summed E-state index contributed by atoms with van der Waals surface area (Å²) in [6, 6.07) is 4.90. The van der Waals surface area contributed by atoms with E-state index in [2.05, 4.69) is 26.3 Å². The van der Waals surface area contributed by atoms with E-state index in [0.717, 1.165) is 22.3 Å². The van der Waals surface area contributed by atoms with E-state index in [1.165, 1.54) is 6.07 Å². The van der Waals surface area contributed by atoms with Gasteiger partial charge in [-0.05, 0) is 34.5 Å². The van der Waals surface area contributed by atoms with E-state index in [1.54, 1.807) is 16.8 Å². The van der Waals surface area contributed by atoms with Crippen LogP contribution in [0.25, 0.3) is 0 Å². The second kappa shape index (κ2) is 5.92. The van der Waals surface area contributed by atoms with Gasteiger partial charge in [0.25, 0.3) is 0 Å². The van der Waals surface area contributed by atoms with Crippen molar-refractivity contribution >= 4 is 33.2 Å². The predicted octanol–water partition coefficient (Wildman–Crippen LogP) is 4.15. The van der Waals surface area contributed by atoms with Crippen molar-refractivity contribution in [2.24, 2.45) is 7.05 Å². The number of hydrogen-bond donors (Lipinski definition) is 1. The van der Waals surface area contributed by atoms with Crippen molar-refractivity contribution in [3.63, 3.8) is 0 Å². The highest BCUT2D eigenvalue weighted by atomic mass is 79.9. The second-order valence-corrected chi connectivity index (χ2v) is 5.34. The molecule has 0 aliphatic heterocycles. The van der Waals surface area contributed by atoms with Gasteiger partial charge in [0.05, 0.1) is 33.1 Å². The van der Waals surface area contributed by atoms with Crippen LogP contribution in [0, 0.1) is 5.82 Å². The van der Waals surface area contributed by atoms with Crippen molar-refractivity contribution in [3.05, 3.63) is 44.9 Å². The van der Waals surface area contributed by atoms with Crippen molar-refractivity contribution in [1.82, 2.24) is 9.78 Å². The third-order valence-electron chi connectivity index (χ3n) is 2.90. The molecule has 6 heteroatoms. The summed E-state index contributed by atoms with van der Waals surface area (Å²) in [6.45, 7) is 2.52. The summed E-state index contributed by atoms with van der Waals surface area (Å²) in [5, 5.41) is 7.54. The van der Waals surface area contributed by atoms with Crippen LogP contribution in [0.5, 0.6) is 0 Å². The van der Waals surface area contributed by atoms with E-state index in [1.807, 2.05) is 14.0 Å². The quantitative estimate of drug-likeness (QED) is 0.901. The molecule has 2 rings (SSSR count). The molecule has 0 aliphatic carbocycles. The van der Waals surface area contributed by atoms with Crippen LogP contribution in [-0.4, -0.2) is 9.78 Å². The molecular formula is C13H14BrClFN3. The van der Waals surface area contributed by atoms with Gasteiger partial charge in [0.1, 0.15) is 0 Å². The standard InChI is InChI=1S/C13H14BrClFN3/c1-3-9-12(14)11(19(2)18-9)7-17-10-6-4-5-8(15)13(10)16/h4-6,17H,3,7H2,1-2H3. The minimum atomic E-state index is -0.432. The molecule has 0 saturated heterocycles. The maximum Gasteiger partial charge on any atom is 0.164 e. The highest BCUT2D eigenvalue weighted by molar-refractivity contribution is 9.10. The van der Waals surface area contributed by atoms with E-state index in [4.69, 9.17) is 11.6 Å². The summed E-state index contributed by atoms with van der Waals surface area (Å²) in [7, 11) is 1.87. The molecular weight excluding hydrogens is 333 g/mol. The summed E-state index contributed by atoms with van der Waals surface area (Å²) >= 11 is 9.27. The van der Waals surface area contributed by atoms with Crippen molar-refractivity contribution in [3.8, 4) is 0 Å². The van der Waals surface area contributed by atoms with E-state index < -0.39 is 5.82 Å². The Bertz CT molecular complexity index is 598. The Hall–Kier alpha value is -1.07. The third-order valence-corrected chi connectivity index (χ3v) is 4.11. The van der Waals surface area contributed by atoms with Gasteiger partial charge in [-0.15, -0.1) is 0 Å². The second-order valence-electron chi connectivity index (χ2n) is 4.14. The molecule has 0 fully saturated rings. The van der Waals surface area contributed by atoms with Crippen molar-refractivity contribution in [1.29, 1.82) is 0 Å². The summed E-state index contributed by atoms with van der Waals surface area (Å²) < 4.78 is 16.5. The monoisotopic (exact) mass is 345 g/mol. The molecule has 0 atom stereocenters. The lowest BCUT2D eigenvalue weighted by atomic mass is 10.2. The molecule has 2 aromatic rings. The SMILES string of the molecule is CCc1nn(C)c(CNc2cccc(Cl)c2F)c1Br. The zero-order valence-electron chi connectivity index (χ0n) is 10.7. The van der Waals surface area contributed by atoms with Gasteiger partial charge in [-0.1, -0.05) is 24.6 Å². The maximum atomic E-state index is 13.7. The molecule has 0 amide bonds. The van der Waals surface area contributed by atoms with Crippen LogP contribution in [0.4, 0.5) is 10.1 Å². The number of hydrogen-bond acceptors (Lipinski definition) is 2. The third kappa shape index (κ3) is 2.92. The fraction of sp³-hybridized carbons (Fsp3) is 0.308. The van der Waals surface area contributed by atoms with Gasteiger partial charge < -0.3 is 5.32 Å². The van der Waals surface area contributed by atoms with E-state index >= 15 is 0 Å². The average Bonchev–Trinajstić information content (AvgIpc) is 2.66. The molecule has 0 unspecified atom stereocenters. The normalized spacial score (nSPS) is 10.8. The number of rotatable bonds is 4. The Morgan fingerprint density at radius 1 is 1.47 bits per heavy atom. The first-order valence-corrected chi connectivity index (χ1v) is 7.09. The topological polar surface area (TPSA) is 29.9 Å². The first-order valence-electron chi connectivity index (χ1n) is 5.92. The Labute approximate surface area is 124 Å². The molecule has 0 aliphatic rings. The Balaban J connectivity index is 2.19. The smallest absolute Gasteiger partial charge is 0.164 e. The number of halogens is 3. The molecule has 1 heterocycles. The lowest BCUT2D eigenvalue weighted by molar-refractivity contribution is 0.629. The molecule has 0 spiro atoms. The number of benzene rings is 1. The van der Waals surface area contributed by atoms with Gasteiger partial charge >= 0.3 is 0 Å². The number of nitrogens with one attached hydrogen (secondary N) is 1. The molecule has 102 valence electrons. The molecule has 3 nitrogen and oxygen atoms in total. The minimum absolute atomic E-state index is 0.114. The van der Waals surface area contributed by atoms with E-state index in [0.29, 0.717) is 12.2 Å². The average molecular weight is 347 g/mol. The summed E-state index contributed by atoms with van der Waals surface area (Å²) in [4.78, 5) is 0. The zero-order valence-corrected chi connectivity index (χ0v) is 13.0. The number of aromatic nitrogens is 2. The highest BCUT2D eigenvalue weighted by Crippen LogP contribution is 2.25. The van der Waals surface area contributed by atoms with Gasteiger partial charge in [-0.2, -0.15) is 5.10 Å². The lowest BCUT2D eigenvalue weighted by Gasteiger charge is -2.09. The molecule has 1 aromatic heterocycles. The van der Waals surface area contributed by atoms with Crippen LogP contribution in [0.15, 0.2) is 22.7 Å². The Morgan fingerprint density at radius 2 is 2.21 bits per heavy atom. The van der Waals surface area contributed by atoms with Crippen LogP contribution >= 0.6 is 27.5 Å². The van der Waals surface area contributed by atoms with Gasteiger partial charge in [-0.3, -0.25) is 4.68 Å². The number of nitrogens with zero attached hydrogens (tertiary/aromatic N) is 2. The van der Waals surface area contributed by atoms with Gasteiger partial charge in [-0.25, -0.2) is 4.39 Å². The zero-order chi connectivity index (χ0) is 14.0. The van der Waals surface area contributed by atoms with Gasteiger partial charge in [0, 0.05) is 7.05 Å². The molecule has 0 bridgehead atoms. The van der Waals surface area contributed by atoms with E-state index in [-0.39, 0.29) is 5.02 Å².